The Morgan fingerprint density at radius 3 is 2.17 bits per heavy atom. The Morgan fingerprint density at radius 1 is 0.925 bits per heavy atom. The first-order valence-corrected chi connectivity index (χ1v) is 14.7. The number of aliphatic hydroxyl groups excluding tert-OH is 1. The van der Waals surface area contributed by atoms with E-state index in [-0.39, 0.29) is 42.8 Å². The highest BCUT2D eigenvalue weighted by atomic mass is 32.2. The van der Waals surface area contributed by atoms with Gasteiger partial charge in [-0.15, -0.1) is 0 Å². The maximum Gasteiger partial charge on any atom is 0.243 e. The molecule has 40 heavy (non-hydrogen) atoms. The summed E-state index contributed by atoms with van der Waals surface area (Å²) in [5.74, 6) is 0.112. The van der Waals surface area contributed by atoms with Gasteiger partial charge in [-0.1, -0.05) is 61.5 Å². The molecule has 0 radical (unpaired) electrons. The molecule has 0 unspecified atom stereocenters. The molecule has 3 rings (SSSR count). The number of aliphatic hydroxyl groups is 1. The number of nitrogens with one attached hydrogen (secondary N) is 2. The van der Waals surface area contributed by atoms with Crippen LogP contribution in [0.15, 0.2) is 83.8 Å². The van der Waals surface area contributed by atoms with Crippen molar-refractivity contribution in [3.8, 4) is 5.75 Å². The predicted octanol–water partition coefficient (Wildman–Crippen LogP) is 2.67. The van der Waals surface area contributed by atoms with Gasteiger partial charge in [-0.2, -0.15) is 0 Å². The van der Waals surface area contributed by atoms with E-state index in [4.69, 9.17) is 4.74 Å². The third-order valence-electron chi connectivity index (χ3n) is 6.39. The number of sulfonamides is 1. The number of hydrogen-bond donors (Lipinski definition) is 3. The largest absolute Gasteiger partial charge is 0.497 e. The van der Waals surface area contributed by atoms with Crippen LogP contribution >= 0.6 is 0 Å². The van der Waals surface area contributed by atoms with Crippen molar-refractivity contribution < 1.29 is 27.9 Å². The van der Waals surface area contributed by atoms with Gasteiger partial charge in [0.2, 0.25) is 21.8 Å². The second-order valence-electron chi connectivity index (χ2n) is 9.24. The Morgan fingerprint density at radius 2 is 1.57 bits per heavy atom. The van der Waals surface area contributed by atoms with E-state index in [1.807, 2.05) is 42.5 Å². The van der Waals surface area contributed by atoms with Crippen LogP contribution in [0.1, 0.15) is 30.0 Å². The van der Waals surface area contributed by atoms with E-state index in [0.29, 0.717) is 25.1 Å². The molecule has 0 heterocycles. The Balaban J connectivity index is 1.86. The summed E-state index contributed by atoms with van der Waals surface area (Å²) in [6, 6.07) is 22.4. The minimum absolute atomic E-state index is 0.0802. The molecule has 0 aliphatic heterocycles. The van der Waals surface area contributed by atoms with Gasteiger partial charge in [0.15, 0.2) is 0 Å². The van der Waals surface area contributed by atoms with Gasteiger partial charge in [0.1, 0.15) is 11.8 Å². The van der Waals surface area contributed by atoms with Gasteiger partial charge in [0.25, 0.3) is 0 Å². The molecule has 10 heteroatoms. The zero-order chi connectivity index (χ0) is 29.0. The maximum atomic E-state index is 13.7. The highest BCUT2D eigenvalue weighted by Crippen LogP contribution is 2.19. The Hall–Kier alpha value is -3.73. The molecule has 0 aromatic heterocycles. The first kappa shape index (κ1) is 30.8. The van der Waals surface area contributed by atoms with E-state index in [0.717, 1.165) is 16.7 Å². The van der Waals surface area contributed by atoms with Crippen LogP contribution in [0.2, 0.25) is 0 Å². The molecule has 3 N–H and O–H groups in total. The van der Waals surface area contributed by atoms with Gasteiger partial charge in [-0.3, -0.25) is 9.59 Å². The summed E-state index contributed by atoms with van der Waals surface area (Å²) in [6.07, 6.45) is 0.792. The number of amides is 2. The zero-order valence-corrected chi connectivity index (χ0v) is 23.7. The molecule has 0 spiro atoms. The molecule has 9 nitrogen and oxygen atoms in total. The monoisotopic (exact) mass is 567 g/mol. The fraction of sp³-hybridized carbons (Fsp3) is 0.333. The second-order valence-corrected chi connectivity index (χ2v) is 11.0. The van der Waals surface area contributed by atoms with Crippen molar-refractivity contribution in [1.29, 1.82) is 0 Å². The first-order chi connectivity index (χ1) is 19.3. The number of nitrogens with zero attached hydrogens (tertiary/aromatic N) is 1. The van der Waals surface area contributed by atoms with E-state index < -0.39 is 16.1 Å². The Kier molecular flexibility index (Phi) is 11.7. The van der Waals surface area contributed by atoms with Crippen molar-refractivity contribution in [2.45, 2.75) is 43.7 Å². The van der Waals surface area contributed by atoms with Gasteiger partial charge in [0, 0.05) is 32.5 Å². The number of benzene rings is 3. The van der Waals surface area contributed by atoms with Crippen molar-refractivity contribution in [2.24, 2.45) is 0 Å². The SMILES string of the molecule is CCNS(=O)(=O)c1ccc(CCC(=O)N(Cc2ccc(OC)cc2)[C@@H](Cc2ccccc2)C(=O)NCCO)cc1. The fourth-order valence-electron chi connectivity index (χ4n) is 4.28. The summed E-state index contributed by atoms with van der Waals surface area (Å²) in [6.45, 7) is 2.07. The lowest BCUT2D eigenvalue weighted by Gasteiger charge is -2.31. The lowest BCUT2D eigenvalue weighted by Crippen LogP contribution is -2.51. The highest BCUT2D eigenvalue weighted by molar-refractivity contribution is 7.89. The first-order valence-electron chi connectivity index (χ1n) is 13.2. The summed E-state index contributed by atoms with van der Waals surface area (Å²) in [5.41, 5.74) is 2.54. The Bertz CT molecular complexity index is 1330. The van der Waals surface area contributed by atoms with Crippen LogP contribution in [-0.2, 0) is 39.0 Å². The molecule has 3 aromatic carbocycles. The van der Waals surface area contributed by atoms with Crippen LogP contribution < -0.4 is 14.8 Å². The second kappa shape index (κ2) is 15.2. The van der Waals surface area contributed by atoms with Crippen molar-refractivity contribution in [2.75, 3.05) is 26.8 Å². The molecule has 0 saturated carbocycles. The summed E-state index contributed by atoms with van der Waals surface area (Å²) in [7, 11) is -1.99. The normalized spacial score (nSPS) is 12.0. The van der Waals surface area contributed by atoms with E-state index in [2.05, 4.69) is 10.0 Å². The van der Waals surface area contributed by atoms with Crippen LogP contribution in [0.5, 0.6) is 5.75 Å². The van der Waals surface area contributed by atoms with Crippen molar-refractivity contribution >= 4 is 21.8 Å². The number of aryl methyl sites for hydroxylation is 1. The molecule has 1 atom stereocenters. The molecular formula is C30H37N3O6S. The lowest BCUT2D eigenvalue weighted by atomic mass is 10.0. The molecule has 0 bridgehead atoms. The van der Waals surface area contributed by atoms with Gasteiger partial charge in [0.05, 0.1) is 18.6 Å². The molecule has 214 valence electrons. The summed E-state index contributed by atoms with van der Waals surface area (Å²) < 4.78 is 32.2. The molecule has 0 aliphatic rings. The lowest BCUT2D eigenvalue weighted by molar-refractivity contribution is -0.141. The average molecular weight is 568 g/mol. The number of methoxy groups -OCH3 is 1. The minimum Gasteiger partial charge on any atom is -0.497 e. The van der Waals surface area contributed by atoms with E-state index in [1.54, 1.807) is 43.2 Å². The topological polar surface area (TPSA) is 125 Å². The van der Waals surface area contributed by atoms with Crippen molar-refractivity contribution in [3.63, 3.8) is 0 Å². The van der Waals surface area contributed by atoms with Gasteiger partial charge in [-0.05, 0) is 47.4 Å². The van der Waals surface area contributed by atoms with E-state index in [9.17, 15) is 23.1 Å². The number of carbonyl (C=O) groups is 2. The maximum absolute atomic E-state index is 13.7. The summed E-state index contributed by atoms with van der Waals surface area (Å²) >= 11 is 0. The quantitative estimate of drug-likeness (QED) is 0.259. The van der Waals surface area contributed by atoms with Crippen LogP contribution in [0.25, 0.3) is 0 Å². The van der Waals surface area contributed by atoms with Crippen molar-refractivity contribution in [1.82, 2.24) is 14.9 Å². The average Bonchev–Trinajstić information content (AvgIpc) is 2.97. The molecule has 0 saturated heterocycles. The van der Waals surface area contributed by atoms with Gasteiger partial charge >= 0.3 is 0 Å². The summed E-state index contributed by atoms with van der Waals surface area (Å²) in [5, 5.41) is 12.0. The fourth-order valence-corrected chi connectivity index (χ4v) is 5.32. The van der Waals surface area contributed by atoms with E-state index in [1.165, 1.54) is 12.1 Å². The third kappa shape index (κ3) is 8.90. The highest BCUT2D eigenvalue weighted by Gasteiger charge is 2.30. The van der Waals surface area contributed by atoms with Crippen LogP contribution in [0, 0.1) is 0 Å². The number of ether oxygens (including phenoxy) is 1. The predicted molar refractivity (Wildman–Crippen MR) is 153 cm³/mol. The van der Waals surface area contributed by atoms with Crippen LogP contribution in [0.3, 0.4) is 0 Å². The smallest absolute Gasteiger partial charge is 0.243 e. The standard InChI is InChI=1S/C30H37N3O6S/c1-3-32-40(37,38)27-16-11-23(12-17-27)13-18-29(35)33(22-25-9-14-26(39-2)15-10-25)28(30(36)31-19-20-34)21-24-7-5-4-6-8-24/h4-12,14-17,28,32,34H,3,13,18-22H2,1-2H3,(H,31,36)/t28-/m0/s1. The van der Waals surface area contributed by atoms with Gasteiger partial charge in [-0.25, -0.2) is 13.1 Å². The number of hydrogen-bond acceptors (Lipinski definition) is 6. The van der Waals surface area contributed by atoms with Gasteiger partial charge < -0.3 is 20.1 Å². The molecule has 2 amide bonds. The van der Waals surface area contributed by atoms with Crippen LogP contribution in [0.4, 0.5) is 0 Å². The molecule has 0 aliphatic carbocycles. The summed E-state index contributed by atoms with van der Waals surface area (Å²) in [4.78, 5) is 28.8. The zero-order valence-electron chi connectivity index (χ0n) is 22.9. The number of carbonyl (C=O) groups excluding carboxylic acids is 2. The molecule has 0 fully saturated rings. The van der Waals surface area contributed by atoms with Crippen molar-refractivity contribution in [3.05, 3.63) is 95.6 Å². The molecule has 3 aromatic rings. The van der Waals surface area contributed by atoms with E-state index >= 15 is 0 Å². The Labute approximate surface area is 236 Å². The minimum atomic E-state index is -3.57. The van der Waals surface area contributed by atoms with Crippen LogP contribution in [-0.4, -0.2) is 63.1 Å². The molecular weight excluding hydrogens is 530 g/mol. The number of rotatable bonds is 15. The third-order valence-corrected chi connectivity index (χ3v) is 7.95.